The highest BCUT2D eigenvalue weighted by molar-refractivity contribution is 5.99. The van der Waals surface area contributed by atoms with Gasteiger partial charge in [0.2, 0.25) is 5.75 Å². The summed E-state index contributed by atoms with van der Waals surface area (Å²) < 4.78 is 21.3. The number of nitrogens with zero attached hydrogens (tertiary/aromatic N) is 1. The molecule has 2 aromatic rings. The topological polar surface area (TPSA) is 126 Å². The molecule has 0 saturated heterocycles. The Hall–Kier alpha value is -3.82. The summed E-state index contributed by atoms with van der Waals surface area (Å²) in [6.07, 6.45) is -1.21. The molecule has 0 fully saturated rings. The highest BCUT2D eigenvalue weighted by Crippen LogP contribution is 2.40. The van der Waals surface area contributed by atoms with Crippen molar-refractivity contribution < 1.29 is 33.5 Å². The predicted molar refractivity (Wildman–Crippen MR) is 101 cm³/mol. The molecule has 1 aliphatic rings. The summed E-state index contributed by atoms with van der Waals surface area (Å²) in [5, 5.41) is 13.4. The molecule has 10 heteroatoms. The molecule has 1 amide bonds. The molecule has 152 valence electrons. The lowest BCUT2D eigenvalue weighted by atomic mass is 10.1. The van der Waals surface area contributed by atoms with Crippen molar-refractivity contribution in [3.05, 3.63) is 52.1 Å². The van der Waals surface area contributed by atoms with Gasteiger partial charge in [-0.1, -0.05) is 12.1 Å². The van der Waals surface area contributed by atoms with Gasteiger partial charge in [-0.3, -0.25) is 14.9 Å². The van der Waals surface area contributed by atoms with Crippen molar-refractivity contribution in [1.29, 1.82) is 0 Å². The van der Waals surface area contributed by atoms with Gasteiger partial charge < -0.3 is 24.3 Å². The van der Waals surface area contributed by atoms with E-state index >= 15 is 0 Å². The van der Waals surface area contributed by atoms with Gasteiger partial charge in [-0.2, -0.15) is 0 Å². The van der Waals surface area contributed by atoms with Gasteiger partial charge in [0.25, 0.3) is 11.6 Å². The molecule has 0 aromatic heterocycles. The van der Waals surface area contributed by atoms with E-state index in [-0.39, 0.29) is 16.9 Å². The summed E-state index contributed by atoms with van der Waals surface area (Å²) in [5.41, 5.74) is -0.154. The van der Waals surface area contributed by atoms with E-state index < -0.39 is 22.9 Å². The monoisotopic (exact) mass is 402 g/mol. The Balaban J connectivity index is 1.72. The summed E-state index contributed by atoms with van der Waals surface area (Å²) in [6.45, 7) is 2.04. The van der Waals surface area contributed by atoms with E-state index in [0.29, 0.717) is 30.5 Å². The van der Waals surface area contributed by atoms with Crippen LogP contribution in [0.2, 0.25) is 0 Å². The van der Waals surface area contributed by atoms with Gasteiger partial charge in [-0.05, 0) is 25.1 Å². The zero-order valence-corrected chi connectivity index (χ0v) is 15.7. The Kier molecular flexibility index (Phi) is 5.82. The smallest absolute Gasteiger partial charge is 0.339 e. The lowest BCUT2D eigenvalue weighted by Gasteiger charge is -2.21. The van der Waals surface area contributed by atoms with E-state index in [4.69, 9.17) is 18.9 Å². The zero-order chi connectivity index (χ0) is 21.0. The lowest BCUT2D eigenvalue weighted by Crippen LogP contribution is -2.30. The maximum atomic E-state index is 12.5. The lowest BCUT2D eigenvalue weighted by molar-refractivity contribution is -0.383. The molecule has 0 spiro atoms. The first-order valence-electron chi connectivity index (χ1n) is 8.63. The Labute approximate surface area is 165 Å². The van der Waals surface area contributed by atoms with Gasteiger partial charge >= 0.3 is 5.97 Å². The Morgan fingerprint density at radius 2 is 1.93 bits per heavy atom. The average molecular weight is 402 g/mol. The highest BCUT2D eigenvalue weighted by Gasteiger charge is 2.25. The van der Waals surface area contributed by atoms with E-state index in [0.717, 1.165) is 0 Å². The number of amides is 1. The minimum absolute atomic E-state index is 0.00592. The van der Waals surface area contributed by atoms with E-state index in [9.17, 15) is 19.7 Å². The molecule has 1 N–H and O–H groups in total. The van der Waals surface area contributed by atoms with Crippen molar-refractivity contribution in [2.45, 2.75) is 13.0 Å². The molecule has 0 aliphatic carbocycles. The quantitative estimate of drug-likeness (QED) is 0.444. The molecule has 1 heterocycles. The third-order valence-corrected chi connectivity index (χ3v) is 4.08. The summed E-state index contributed by atoms with van der Waals surface area (Å²) >= 11 is 0. The number of carbonyl (C=O) groups is 2. The minimum Gasteiger partial charge on any atom is -0.493 e. The maximum Gasteiger partial charge on any atom is 0.339 e. The predicted octanol–water partition coefficient (Wildman–Crippen LogP) is 2.56. The molecule has 0 bridgehead atoms. The highest BCUT2D eigenvalue weighted by atomic mass is 16.6. The maximum absolute atomic E-state index is 12.5. The number of carbonyl (C=O) groups excluding carboxylic acids is 2. The number of hydrogen-bond donors (Lipinski definition) is 1. The summed E-state index contributed by atoms with van der Waals surface area (Å²) in [7, 11) is 1.42. The molecule has 1 atom stereocenters. The number of methoxy groups -OCH3 is 1. The number of nitro groups is 1. The third kappa shape index (κ3) is 4.37. The Bertz CT molecular complexity index is 942. The van der Waals surface area contributed by atoms with E-state index in [1.165, 1.54) is 44.4 Å². The fourth-order valence-corrected chi connectivity index (χ4v) is 2.65. The first-order chi connectivity index (χ1) is 13.9. The molecule has 10 nitrogen and oxygen atoms in total. The van der Waals surface area contributed by atoms with Crippen LogP contribution < -0.4 is 19.5 Å². The van der Waals surface area contributed by atoms with E-state index in [1.807, 2.05) is 0 Å². The van der Waals surface area contributed by atoms with Gasteiger partial charge in [0.05, 0.1) is 17.6 Å². The van der Waals surface area contributed by atoms with Gasteiger partial charge in [-0.25, -0.2) is 4.79 Å². The van der Waals surface area contributed by atoms with Crippen molar-refractivity contribution in [3.63, 3.8) is 0 Å². The Morgan fingerprint density at radius 3 is 2.66 bits per heavy atom. The molecule has 29 heavy (non-hydrogen) atoms. The molecule has 1 aliphatic heterocycles. The molecular formula is C19H18N2O8. The number of rotatable bonds is 6. The van der Waals surface area contributed by atoms with E-state index in [2.05, 4.69) is 5.32 Å². The third-order valence-electron chi connectivity index (χ3n) is 4.08. The number of nitrogens with one attached hydrogen (secondary N) is 1. The number of benzene rings is 2. The first-order valence-corrected chi connectivity index (χ1v) is 8.63. The number of ether oxygens (including phenoxy) is 4. The second kappa shape index (κ2) is 8.46. The van der Waals surface area contributed by atoms with Crippen molar-refractivity contribution in [1.82, 2.24) is 0 Å². The molecule has 0 unspecified atom stereocenters. The fraction of sp³-hybridized carbons (Fsp3) is 0.263. The molecule has 0 saturated carbocycles. The van der Waals surface area contributed by atoms with Crippen LogP contribution in [-0.4, -0.2) is 43.2 Å². The standard InChI is InChI=1S/C19H18N2O8/c1-11(18(22)20-13-5-3-4-6-14(13)21(24)25)29-19(23)12-9-15(26-2)17-16(10-12)27-7-8-28-17/h3-6,9-11H,7-8H2,1-2H3,(H,20,22)/t11-/m0/s1. The van der Waals surface area contributed by atoms with Crippen LogP contribution in [-0.2, 0) is 9.53 Å². The molecule has 0 radical (unpaired) electrons. The van der Waals surface area contributed by atoms with Crippen LogP contribution in [0.25, 0.3) is 0 Å². The normalized spacial score (nSPS) is 13.2. The molecule has 2 aromatic carbocycles. The number of para-hydroxylation sites is 2. The number of anilines is 1. The summed E-state index contributed by atoms with van der Waals surface area (Å²) in [5.74, 6) is -0.481. The van der Waals surface area contributed by atoms with Crippen molar-refractivity contribution in [2.24, 2.45) is 0 Å². The number of fused-ring (bicyclic) bond motifs is 1. The number of hydrogen-bond acceptors (Lipinski definition) is 8. The van der Waals surface area contributed by atoms with Gasteiger partial charge in [0.15, 0.2) is 17.6 Å². The number of nitro benzene ring substituents is 1. The first kappa shape index (κ1) is 19.9. The second-order valence-electron chi connectivity index (χ2n) is 6.01. The van der Waals surface area contributed by atoms with Crippen molar-refractivity contribution >= 4 is 23.3 Å². The molecule has 3 rings (SSSR count). The van der Waals surface area contributed by atoms with Crippen LogP contribution in [0.4, 0.5) is 11.4 Å². The van der Waals surface area contributed by atoms with Gasteiger partial charge in [-0.15, -0.1) is 0 Å². The average Bonchev–Trinajstić information content (AvgIpc) is 2.72. The van der Waals surface area contributed by atoms with Crippen LogP contribution in [0.15, 0.2) is 36.4 Å². The minimum atomic E-state index is -1.21. The number of esters is 1. The SMILES string of the molecule is COc1cc(C(=O)O[C@@H](C)C(=O)Nc2ccccc2[N+](=O)[O-])cc2c1OCCO2. The van der Waals surface area contributed by atoms with Crippen molar-refractivity contribution in [2.75, 3.05) is 25.6 Å². The van der Waals surface area contributed by atoms with Crippen LogP contribution in [0.3, 0.4) is 0 Å². The summed E-state index contributed by atoms with van der Waals surface area (Å²) in [6, 6.07) is 8.52. The van der Waals surface area contributed by atoms with Crippen LogP contribution >= 0.6 is 0 Å². The van der Waals surface area contributed by atoms with Crippen LogP contribution in [0.1, 0.15) is 17.3 Å². The van der Waals surface area contributed by atoms with Gasteiger partial charge in [0, 0.05) is 6.07 Å². The van der Waals surface area contributed by atoms with E-state index in [1.54, 1.807) is 6.07 Å². The van der Waals surface area contributed by atoms with Gasteiger partial charge in [0.1, 0.15) is 18.9 Å². The van der Waals surface area contributed by atoms with Crippen molar-refractivity contribution in [3.8, 4) is 17.2 Å². The molecular weight excluding hydrogens is 384 g/mol. The fourth-order valence-electron chi connectivity index (χ4n) is 2.65. The van der Waals surface area contributed by atoms with Crippen LogP contribution in [0.5, 0.6) is 17.2 Å². The zero-order valence-electron chi connectivity index (χ0n) is 15.7. The second-order valence-corrected chi connectivity index (χ2v) is 6.01. The largest absolute Gasteiger partial charge is 0.493 e. The Morgan fingerprint density at radius 1 is 1.21 bits per heavy atom. The van der Waals surface area contributed by atoms with Crippen LogP contribution in [0, 0.1) is 10.1 Å². The summed E-state index contributed by atoms with van der Waals surface area (Å²) in [4.78, 5) is 35.2.